The first-order chi connectivity index (χ1) is 16.4. The molecule has 4 rings (SSSR count). The van der Waals surface area contributed by atoms with E-state index in [1.165, 1.54) is 11.0 Å². The number of hydrogen-bond donors (Lipinski definition) is 0. The topological polar surface area (TPSA) is 73.7 Å². The molecular formula is C26H24ClN3O4. The minimum absolute atomic E-state index is 0.185. The van der Waals surface area contributed by atoms with Crippen molar-refractivity contribution in [3.63, 3.8) is 0 Å². The highest BCUT2D eigenvalue weighted by atomic mass is 35.5. The maximum atomic E-state index is 12.7. The maximum absolute atomic E-state index is 12.7. The number of anilines is 1. The number of methoxy groups -OCH3 is 2. The molecule has 2 heterocycles. The molecule has 1 amide bonds. The van der Waals surface area contributed by atoms with Crippen LogP contribution in [-0.2, 0) is 11.3 Å². The van der Waals surface area contributed by atoms with E-state index in [9.17, 15) is 9.59 Å². The Morgan fingerprint density at radius 2 is 1.82 bits per heavy atom. The molecule has 0 saturated carbocycles. The Morgan fingerprint density at radius 1 is 1.03 bits per heavy atom. The van der Waals surface area contributed by atoms with Crippen molar-refractivity contribution in [2.45, 2.75) is 13.5 Å². The van der Waals surface area contributed by atoms with Crippen LogP contribution in [0.3, 0.4) is 0 Å². The van der Waals surface area contributed by atoms with Gasteiger partial charge in [-0.3, -0.25) is 14.2 Å². The Hall–Kier alpha value is -3.84. The quantitative estimate of drug-likeness (QED) is 0.367. The highest BCUT2D eigenvalue weighted by Crippen LogP contribution is 2.28. The number of rotatable bonds is 7. The SMILES string of the molecule is COc1ccc(CN(C(=O)CCl)c2ccc(-n3c(=O)ccc4ccc(C)cc43)nc2)c(OC)c1. The molecule has 0 unspecified atom stereocenters. The number of fused-ring (bicyclic) bond motifs is 1. The van der Waals surface area contributed by atoms with Crippen molar-refractivity contribution in [2.75, 3.05) is 25.0 Å². The summed E-state index contributed by atoms with van der Waals surface area (Å²) in [4.78, 5) is 31.5. The van der Waals surface area contributed by atoms with Crippen molar-refractivity contribution < 1.29 is 14.3 Å². The summed E-state index contributed by atoms with van der Waals surface area (Å²) >= 11 is 5.90. The Balaban J connectivity index is 1.72. The lowest BCUT2D eigenvalue weighted by atomic mass is 10.1. The molecule has 0 spiro atoms. The normalized spacial score (nSPS) is 10.8. The van der Waals surface area contributed by atoms with E-state index in [1.807, 2.05) is 31.2 Å². The summed E-state index contributed by atoms with van der Waals surface area (Å²) in [7, 11) is 3.14. The maximum Gasteiger partial charge on any atom is 0.256 e. The van der Waals surface area contributed by atoms with E-state index in [0.717, 1.165) is 22.0 Å². The monoisotopic (exact) mass is 477 g/mol. The number of aryl methyl sites for hydroxylation is 1. The molecular weight excluding hydrogens is 454 g/mol. The number of ether oxygens (including phenoxy) is 2. The standard InChI is InChI=1S/C26H24ClN3O4/c1-17-4-5-18-7-11-25(31)30(22(18)12-17)24-10-8-20(15-28-24)29(26(32)14-27)16-19-6-9-21(33-2)13-23(19)34-3/h4-13,15H,14,16H2,1-3H3. The highest BCUT2D eigenvalue weighted by molar-refractivity contribution is 6.29. The zero-order valence-electron chi connectivity index (χ0n) is 19.1. The van der Waals surface area contributed by atoms with Crippen LogP contribution in [0.15, 0.2) is 71.7 Å². The molecule has 0 atom stereocenters. The van der Waals surface area contributed by atoms with Gasteiger partial charge in [0.05, 0.1) is 38.2 Å². The van der Waals surface area contributed by atoms with Gasteiger partial charge in [-0.15, -0.1) is 11.6 Å². The molecule has 7 nitrogen and oxygen atoms in total. The summed E-state index contributed by atoms with van der Waals surface area (Å²) in [5.74, 6) is 1.23. The summed E-state index contributed by atoms with van der Waals surface area (Å²) < 4.78 is 12.3. The fraction of sp³-hybridized carbons (Fsp3) is 0.192. The third-order valence-corrected chi connectivity index (χ3v) is 5.79. The van der Waals surface area contributed by atoms with Crippen molar-refractivity contribution in [3.8, 4) is 17.3 Å². The van der Waals surface area contributed by atoms with Gasteiger partial charge in [0.15, 0.2) is 0 Å². The number of nitrogens with zero attached hydrogens (tertiary/aromatic N) is 3. The molecule has 0 saturated heterocycles. The van der Waals surface area contributed by atoms with Gasteiger partial charge in [-0.05, 0) is 54.3 Å². The molecule has 0 radical (unpaired) electrons. The average molecular weight is 478 g/mol. The first-order valence-electron chi connectivity index (χ1n) is 10.6. The van der Waals surface area contributed by atoms with Crippen LogP contribution in [0.1, 0.15) is 11.1 Å². The minimum Gasteiger partial charge on any atom is -0.497 e. The average Bonchev–Trinajstić information content (AvgIpc) is 2.87. The van der Waals surface area contributed by atoms with Gasteiger partial charge in [0.2, 0.25) is 5.91 Å². The molecule has 0 N–H and O–H groups in total. The fourth-order valence-electron chi connectivity index (χ4n) is 3.80. The molecule has 8 heteroatoms. The van der Waals surface area contributed by atoms with Crippen molar-refractivity contribution in [2.24, 2.45) is 0 Å². The van der Waals surface area contributed by atoms with Crippen LogP contribution >= 0.6 is 11.6 Å². The summed E-state index contributed by atoms with van der Waals surface area (Å²) in [6.07, 6.45) is 1.57. The second kappa shape index (κ2) is 9.97. The number of amides is 1. The zero-order chi connectivity index (χ0) is 24.2. The number of halogens is 1. The third kappa shape index (κ3) is 4.61. The first-order valence-corrected chi connectivity index (χ1v) is 11.1. The number of carbonyl (C=O) groups excluding carboxylic acids is 1. The predicted octanol–water partition coefficient (Wildman–Crippen LogP) is 4.48. The van der Waals surface area contributed by atoms with Crippen LogP contribution in [0.25, 0.3) is 16.7 Å². The number of benzene rings is 2. The van der Waals surface area contributed by atoms with Crippen LogP contribution in [-0.4, -0.2) is 35.6 Å². The summed E-state index contributed by atoms with van der Waals surface area (Å²) in [6.45, 7) is 2.20. The van der Waals surface area contributed by atoms with E-state index in [4.69, 9.17) is 21.1 Å². The number of aromatic nitrogens is 2. The Labute approximate surface area is 202 Å². The van der Waals surface area contributed by atoms with Crippen LogP contribution < -0.4 is 19.9 Å². The second-order valence-electron chi connectivity index (χ2n) is 7.74. The van der Waals surface area contributed by atoms with Crippen molar-refractivity contribution in [3.05, 3.63) is 88.3 Å². The van der Waals surface area contributed by atoms with Gasteiger partial charge in [-0.2, -0.15) is 0 Å². The third-order valence-electron chi connectivity index (χ3n) is 5.56. The molecule has 0 aliphatic heterocycles. The van der Waals surface area contributed by atoms with Crippen LogP contribution in [0.5, 0.6) is 11.5 Å². The molecule has 2 aromatic heterocycles. The van der Waals surface area contributed by atoms with E-state index in [1.54, 1.807) is 55.3 Å². The van der Waals surface area contributed by atoms with Crippen LogP contribution in [0.4, 0.5) is 5.69 Å². The van der Waals surface area contributed by atoms with E-state index in [2.05, 4.69) is 4.98 Å². The number of alkyl halides is 1. The Kier molecular flexibility index (Phi) is 6.84. The van der Waals surface area contributed by atoms with E-state index < -0.39 is 0 Å². The van der Waals surface area contributed by atoms with Crippen LogP contribution in [0.2, 0.25) is 0 Å². The molecule has 4 aromatic rings. The summed E-state index contributed by atoms with van der Waals surface area (Å²) in [5, 5.41) is 0.932. The molecule has 0 fully saturated rings. The Morgan fingerprint density at radius 3 is 2.50 bits per heavy atom. The van der Waals surface area contributed by atoms with Crippen molar-refractivity contribution in [1.29, 1.82) is 0 Å². The predicted molar refractivity (Wildman–Crippen MR) is 134 cm³/mol. The smallest absolute Gasteiger partial charge is 0.256 e. The number of carbonyl (C=O) groups is 1. The lowest BCUT2D eigenvalue weighted by molar-refractivity contribution is -0.116. The zero-order valence-corrected chi connectivity index (χ0v) is 19.9. The van der Waals surface area contributed by atoms with E-state index in [0.29, 0.717) is 23.0 Å². The van der Waals surface area contributed by atoms with Gasteiger partial charge in [0.1, 0.15) is 23.2 Å². The van der Waals surface area contributed by atoms with Crippen LogP contribution in [0, 0.1) is 6.92 Å². The van der Waals surface area contributed by atoms with Gasteiger partial charge in [-0.25, -0.2) is 4.98 Å². The largest absolute Gasteiger partial charge is 0.497 e. The minimum atomic E-state index is -0.285. The van der Waals surface area contributed by atoms with Crippen molar-refractivity contribution in [1.82, 2.24) is 9.55 Å². The van der Waals surface area contributed by atoms with Gasteiger partial charge in [-0.1, -0.05) is 12.1 Å². The Bertz CT molecular complexity index is 1400. The van der Waals surface area contributed by atoms with E-state index in [-0.39, 0.29) is 23.9 Å². The number of hydrogen-bond acceptors (Lipinski definition) is 5. The second-order valence-corrected chi connectivity index (χ2v) is 8.00. The molecule has 0 aliphatic rings. The first kappa shape index (κ1) is 23.3. The summed E-state index contributed by atoms with van der Waals surface area (Å²) in [5.41, 5.74) is 2.96. The lowest BCUT2D eigenvalue weighted by Gasteiger charge is -2.23. The number of pyridine rings is 2. The van der Waals surface area contributed by atoms with Gasteiger partial charge >= 0.3 is 0 Å². The van der Waals surface area contributed by atoms with E-state index >= 15 is 0 Å². The molecule has 174 valence electrons. The summed E-state index contributed by atoms with van der Waals surface area (Å²) in [6, 6.07) is 18.1. The molecule has 34 heavy (non-hydrogen) atoms. The highest BCUT2D eigenvalue weighted by Gasteiger charge is 2.19. The molecule has 0 aliphatic carbocycles. The van der Waals surface area contributed by atoms with Crippen molar-refractivity contribution >= 4 is 34.1 Å². The lowest BCUT2D eigenvalue weighted by Crippen LogP contribution is -2.31. The molecule has 0 bridgehead atoms. The fourth-order valence-corrected chi connectivity index (χ4v) is 3.94. The molecule has 2 aromatic carbocycles. The van der Waals surface area contributed by atoms with Gasteiger partial charge < -0.3 is 14.4 Å². The van der Waals surface area contributed by atoms with Gasteiger partial charge in [0.25, 0.3) is 5.56 Å². The van der Waals surface area contributed by atoms with Gasteiger partial charge in [0, 0.05) is 17.7 Å².